The molecule has 1 aliphatic heterocycles. The van der Waals surface area contributed by atoms with Gasteiger partial charge in [0.1, 0.15) is 5.75 Å². The number of fused-ring (bicyclic) bond motifs is 1. The molecule has 4 rings (SSSR count). The summed E-state index contributed by atoms with van der Waals surface area (Å²) in [5.41, 5.74) is 4.51. The molecule has 1 atom stereocenters. The number of nitrogens with zero attached hydrogens (tertiary/aromatic N) is 4. The molecule has 6 heteroatoms. The third-order valence-corrected chi connectivity index (χ3v) is 4.53. The Labute approximate surface area is 151 Å². The Kier molecular flexibility index (Phi) is 4.08. The molecule has 0 N–H and O–H groups in total. The molecule has 130 valence electrons. The summed E-state index contributed by atoms with van der Waals surface area (Å²) in [4.78, 5) is 20.8. The number of rotatable bonds is 3. The number of aromatic nitrogens is 2. The van der Waals surface area contributed by atoms with Gasteiger partial charge in [-0.3, -0.25) is 14.8 Å². The molecule has 0 saturated heterocycles. The lowest BCUT2D eigenvalue weighted by molar-refractivity contribution is -0.130. The maximum absolute atomic E-state index is 12.1. The van der Waals surface area contributed by atoms with E-state index in [0.717, 1.165) is 33.6 Å². The average molecular weight is 346 g/mol. The molecule has 1 aliphatic rings. The number of hydrogen-bond donors (Lipinski definition) is 0. The monoisotopic (exact) mass is 346 g/mol. The Hall–Kier alpha value is -3.28. The number of carbonyl (C=O) groups is 1. The maximum Gasteiger partial charge on any atom is 0.240 e. The normalized spacial score (nSPS) is 16.6. The molecule has 2 heterocycles. The second-order valence-corrected chi connectivity index (χ2v) is 6.16. The Morgan fingerprint density at radius 2 is 1.81 bits per heavy atom. The van der Waals surface area contributed by atoms with E-state index in [4.69, 9.17) is 4.74 Å². The molecule has 0 bridgehead atoms. The summed E-state index contributed by atoms with van der Waals surface area (Å²) < 4.78 is 5.21. The lowest BCUT2D eigenvalue weighted by atomic mass is 9.98. The van der Waals surface area contributed by atoms with Crippen molar-refractivity contribution in [3.63, 3.8) is 0 Å². The predicted molar refractivity (Wildman–Crippen MR) is 98.9 cm³/mol. The van der Waals surface area contributed by atoms with Crippen LogP contribution in [0.5, 0.6) is 5.75 Å². The van der Waals surface area contributed by atoms with Gasteiger partial charge in [-0.05, 0) is 47.5 Å². The summed E-state index contributed by atoms with van der Waals surface area (Å²) in [6.45, 7) is 1.54. The van der Waals surface area contributed by atoms with Crippen LogP contribution in [0.3, 0.4) is 0 Å². The minimum Gasteiger partial charge on any atom is -0.497 e. The van der Waals surface area contributed by atoms with Crippen LogP contribution in [-0.4, -0.2) is 33.7 Å². The van der Waals surface area contributed by atoms with Crippen LogP contribution in [0.4, 0.5) is 0 Å². The zero-order valence-electron chi connectivity index (χ0n) is 14.6. The van der Waals surface area contributed by atoms with E-state index in [1.54, 1.807) is 24.5 Å². The van der Waals surface area contributed by atoms with Crippen molar-refractivity contribution in [2.45, 2.75) is 19.4 Å². The number of benzene rings is 2. The van der Waals surface area contributed by atoms with Crippen LogP contribution < -0.4 is 4.74 Å². The van der Waals surface area contributed by atoms with Gasteiger partial charge in [0.25, 0.3) is 0 Å². The van der Waals surface area contributed by atoms with Crippen molar-refractivity contribution in [2.75, 3.05) is 7.11 Å². The fourth-order valence-electron chi connectivity index (χ4n) is 3.21. The maximum atomic E-state index is 12.1. The van der Waals surface area contributed by atoms with Gasteiger partial charge in [0.05, 0.1) is 29.9 Å². The molecule has 1 aromatic heterocycles. The first kappa shape index (κ1) is 16.2. The summed E-state index contributed by atoms with van der Waals surface area (Å²) in [5, 5.41) is 6.13. The van der Waals surface area contributed by atoms with E-state index in [2.05, 4.69) is 15.1 Å². The molecule has 2 aromatic carbocycles. The van der Waals surface area contributed by atoms with E-state index in [9.17, 15) is 4.79 Å². The first-order chi connectivity index (χ1) is 12.7. The highest BCUT2D eigenvalue weighted by molar-refractivity contribution is 6.03. The number of hydrazone groups is 1. The quantitative estimate of drug-likeness (QED) is 0.729. The zero-order valence-corrected chi connectivity index (χ0v) is 14.6. The lowest BCUT2D eigenvalue weighted by Crippen LogP contribution is -2.24. The van der Waals surface area contributed by atoms with Crippen molar-refractivity contribution in [1.29, 1.82) is 0 Å². The highest BCUT2D eigenvalue weighted by Gasteiger charge is 2.31. The van der Waals surface area contributed by atoms with Gasteiger partial charge in [-0.2, -0.15) is 5.10 Å². The van der Waals surface area contributed by atoms with Gasteiger partial charge >= 0.3 is 0 Å². The molecule has 0 fully saturated rings. The lowest BCUT2D eigenvalue weighted by Gasteiger charge is -2.20. The molecule has 0 aliphatic carbocycles. The Balaban J connectivity index is 1.68. The van der Waals surface area contributed by atoms with Crippen LogP contribution in [0.2, 0.25) is 0 Å². The van der Waals surface area contributed by atoms with Crippen molar-refractivity contribution in [3.8, 4) is 5.75 Å². The van der Waals surface area contributed by atoms with Crippen molar-refractivity contribution in [1.82, 2.24) is 15.0 Å². The molecule has 3 aromatic rings. The number of amides is 1. The molecule has 6 nitrogen and oxygen atoms in total. The summed E-state index contributed by atoms with van der Waals surface area (Å²) in [5.74, 6) is 0.707. The molecular weight excluding hydrogens is 328 g/mol. The minimum absolute atomic E-state index is 0.0854. The van der Waals surface area contributed by atoms with Crippen LogP contribution in [0, 0.1) is 0 Å². The number of ether oxygens (including phenoxy) is 1. The van der Waals surface area contributed by atoms with E-state index in [1.165, 1.54) is 6.92 Å². The van der Waals surface area contributed by atoms with Gasteiger partial charge in [-0.1, -0.05) is 6.07 Å². The second-order valence-electron chi connectivity index (χ2n) is 6.16. The molecule has 26 heavy (non-hydrogen) atoms. The molecule has 0 unspecified atom stereocenters. The van der Waals surface area contributed by atoms with Gasteiger partial charge in [0.15, 0.2) is 0 Å². The van der Waals surface area contributed by atoms with Crippen molar-refractivity contribution in [2.24, 2.45) is 5.10 Å². The van der Waals surface area contributed by atoms with Gasteiger partial charge in [-0.15, -0.1) is 0 Å². The summed E-state index contributed by atoms with van der Waals surface area (Å²) >= 11 is 0. The number of hydrogen-bond acceptors (Lipinski definition) is 5. The van der Waals surface area contributed by atoms with Gasteiger partial charge in [-0.25, -0.2) is 5.01 Å². The van der Waals surface area contributed by atoms with Crippen molar-refractivity contribution in [3.05, 3.63) is 66.0 Å². The zero-order chi connectivity index (χ0) is 18.1. The molecule has 0 radical (unpaired) electrons. The Morgan fingerprint density at radius 3 is 2.50 bits per heavy atom. The fourth-order valence-corrected chi connectivity index (χ4v) is 3.21. The van der Waals surface area contributed by atoms with Crippen LogP contribution in [0.25, 0.3) is 11.0 Å². The average Bonchev–Trinajstić information content (AvgIpc) is 3.13. The van der Waals surface area contributed by atoms with Crippen molar-refractivity contribution < 1.29 is 9.53 Å². The van der Waals surface area contributed by atoms with E-state index in [1.807, 2.05) is 42.5 Å². The van der Waals surface area contributed by atoms with E-state index in [-0.39, 0.29) is 11.9 Å². The smallest absolute Gasteiger partial charge is 0.240 e. The standard InChI is InChI=1S/C20H18N4O2/c1-13(25)24-20(15-5-8-17-19(11-15)22-10-9-21-17)12-18(23-24)14-3-6-16(26-2)7-4-14/h3-11,20H,12H2,1-2H3/t20-/m1/s1. The number of methoxy groups -OCH3 is 1. The largest absolute Gasteiger partial charge is 0.497 e. The van der Waals surface area contributed by atoms with Crippen LogP contribution in [-0.2, 0) is 4.79 Å². The summed E-state index contributed by atoms with van der Waals surface area (Å²) in [6.07, 6.45) is 3.99. The van der Waals surface area contributed by atoms with Gasteiger partial charge in [0, 0.05) is 25.7 Å². The Bertz CT molecular complexity index is 998. The summed E-state index contributed by atoms with van der Waals surface area (Å²) in [7, 11) is 1.64. The van der Waals surface area contributed by atoms with Crippen LogP contribution in [0.15, 0.2) is 60.0 Å². The molecular formula is C20H18N4O2. The third kappa shape index (κ3) is 2.90. The SMILES string of the molecule is COc1ccc(C2=NN(C(C)=O)[C@@H](c3ccc4nccnc4c3)C2)cc1. The number of carbonyl (C=O) groups excluding carboxylic acids is 1. The predicted octanol–water partition coefficient (Wildman–Crippen LogP) is 3.34. The molecule has 0 saturated carbocycles. The first-order valence-corrected chi connectivity index (χ1v) is 8.38. The summed E-state index contributed by atoms with van der Waals surface area (Å²) in [6, 6.07) is 13.5. The Morgan fingerprint density at radius 1 is 1.08 bits per heavy atom. The fraction of sp³-hybridized carbons (Fsp3) is 0.200. The molecule has 1 amide bonds. The van der Waals surface area contributed by atoms with Crippen LogP contribution in [0.1, 0.15) is 30.5 Å². The molecule has 0 spiro atoms. The van der Waals surface area contributed by atoms with E-state index < -0.39 is 0 Å². The van der Waals surface area contributed by atoms with Gasteiger partial charge < -0.3 is 4.74 Å². The van der Waals surface area contributed by atoms with E-state index in [0.29, 0.717) is 6.42 Å². The van der Waals surface area contributed by atoms with Crippen LogP contribution >= 0.6 is 0 Å². The first-order valence-electron chi connectivity index (χ1n) is 8.38. The van der Waals surface area contributed by atoms with E-state index >= 15 is 0 Å². The topological polar surface area (TPSA) is 67.7 Å². The van der Waals surface area contributed by atoms with Crippen molar-refractivity contribution >= 4 is 22.7 Å². The second kappa shape index (κ2) is 6.55. The highest BCUT2D eigenvalue weighted by atomic mass is 16.5. The third-order valence-electron chi connectivity index (χ3n) is 4.53. The minimum atomic E-state index is -0.143. The highest BCUT2D eigenvalue weighted by Crippen LogP contribution is 2.34. The van der Waals surface area contributed by atoms with Gasteiger partial charge in [0.2, 0.25) is 5.91 Å².